The minimum absolute atomic E-state index is 0.193. The highest BCUT2D eigenvalue weighted by molar-refractivity contribution is 5.84. The summed E-state index contributed by atoms with van der Waals surface area (Å²) in [5.41, 5.74) is 4.61. The molecule has 0 amide bonds. The van der Waals surface area contributed by atoms with Crippen molar-refractivity contribution >= 4 is 28.6 Å². The van der Waals surface area contributed by atoms with Crippen molar-refractivity contribution in [3.8, 4) is 5.75 Å². The van der Waals surface area contributed by atoms with E-state index in [1.54, 1.807) is 6.33 Å². The molecular formula is C26H30N6O2. The molecule has 2 aromatic carbocycles. The molecule has 0 unspecified atom stereocenters. The summed E-state index contributed by atoms with van der Waals surface area (Å²) in [6.07, 6.45) is 5.74. The number of aromatic amines is 1. The van der Waals surface area contributed by atoms with Crippen molar-refractivity contribution in [2.24, 2.45) is 0 Å². The maximum absolute atomic E-state index is 9.80. The van der Waals surface area contributed by atoms with E-state index in [0.717, 1.165) is 60.4 Å². The largest absolute Gasteiger partial charge is 0.493 e. The van der Waals surface area contributed by atoms with E-state index in [0.29, 0.717) is 18.2 Å². The predicted octanol–water partition coefficient (Wildman–Crippen LogP) is 4.74. The number of hydrogen-bond donors (Lipinski definition) is 4. The third-order valence-corrected chi connectivity index (χ3v) is 6.27. The number of imidazole rings is 1. The summed E-state index contributed by atoms with van der Waals surface area (Å²) >= 11 is 0. The lowest BCUT2D eigenvalue weighted by molar-refractivity contribution is 0.126. The molecular weight excluding hydrogens is 428 g/mol. The molecule has 1 aliphatic rings. The summed E-state index contributed by atoms with van der Waals surface area (Å²) in [6, 6.07) is 16.6. The van der Waals surface area contributed by atoms with Crippen molar-refractivity contribution in [3.05, 3.63) is 66.0 Å². The normalized spacial score (nSPS) is 18.1. The Bertz CT molecular complexity index is 1230. The number of fused-ring (bicyclic) bond motifs is 1. The van der Waals surface area contributed by atoms with E-state index in [1.165, 1.54) is 5.56 Å². The van der Waals surface area contributed by atoms with E-state index in [9.17, 15) is 5.11 Å². The Morgan fingerprint density at radius 1 is 1.06 bits per heavy atom. The SMILES string of the molecule is Cc1cc(OCCc2ccccc2)ccc1Nc1nc(NC2CCC(O)CC2)c2[nH]cnc2n1. The second-order valence-electron chi connectivity index (χ2n) is 8.83. The van der Waals surface area contributed by atoms with Crippen LogP contribution in [0.5, 0.6) is 5.75 Å². The van der Waals surface area contributed by atoms with Gasteiger partial charge in [-0.25, -0.2) is 4.98 Å². The molecule has 0 saturated heterocycles. The first kappa shape index (κ1) is 22.2. The van der Waals surface area contributed by atoms with Crippen molar-refractivity contribution < 1.29 is 9.84 Å². The molecule has 2 heterocycles. The number of aromatic nitrogens is 4. The van der Waals surface area contributed by atoms with Gasteiger partial charge in [0.15, 0.2) is 11.5 Å². The lowest BCUT2D eigenvalue weighted by atomic mass is 9.93. The molecule has 5 rings (SSSR count). The van der Waals surface area contributed by atoms with Crippen LogP contribution >= 0.6 is 0 Å². The van der Waals surface area contributed by atoms with Gasteiger partial charge in [-0.15, -0.1) is 0 Å². The molecule has 4 aromatic rings. The molecule has 8 nitrogen and oxygen atoms in total. The quantitative estimate of drug-likeness (QED) is 0.302. The highest BCUT2D eigenvalue weighted by Gasteiger charge is 2.21. The minimum atomic E-state index is -0.193. The number of hydrogen-bond acceptors (Lipinski definition) is 7. The number of H-pyrrole nitrogens is 1. The Morgan fingerprint density at radius 3 is 2.68 bits per heavy atom. The number of aryl methyl sites for hydroxylation is 1. The van der Waals surface area contributed by atoms with Crippen LogP contribution in [-0.2, 0) is 6.42 Å². The topological polar surface area (TPSA) is 108 Å². The second kappa shape index (κ2) is 10.1. The lowest BCUT2D eigenvalue weighted by Crippen LogP contribution is -2.28. The minimum Gasteiger partial charge on any atom is -0.493 e. The highest BCUT2D eigenvalue weighted by Crippen LogP contribution is 2.28. The number of rotatable bonds is 8. The molecule has 0 spiro atoms. The summed E-state index contributed by atoms with van der Waals surface area (Å²) in [4.78, 5) is 16.8. The summed E-state index contributed by atoms with van der Waals surface area (Å²) < 4.78 is 5.95. The van der Waals surface area contributed by atoms with Gasteiger partial charge in [0.25, 0.3) is 0 Å². The third kappa shape index (κ3) is 5.28. The van der Waals surface area contributed by atoms with E-state index in [-0.39, 0.29) is 12.1 Å². The first-order valence-electron chi connectivity index (χ1n) is 11.8. The van der Waals surface area contributed by atoms with Crippen LogP contribution in [0.1, 0.15) is 36.8 Å². The zero-order chi connectivity index (χ0) is 23.3. The Balaban J connectivity index is 1.27. The van der Waals surface area contributed by atoms with Crippen LogP contribution in [0, 0.1) is 6.92 Å². The van der Waals surface area contributed by atoms with E-state index < -0.39 is 0 Å². The molecule has 176 valence electrons. The monoisotopic (exact) mass is 458 g/mol. The fourth-order valence-electron chi connectivity index (χ4n) is 4.33. The van der Waals surface area contributed by atoms with E-state index >= 15 is 0 Å². The number of nitrogens with zero attached hydrogens (tertiary/aromatic N) is 3. The van der Waals surface area contributed by atoms with Gasteiger partial charge in [-0.3, -0.25) is 0 Å². The highest BCUT2D eigenvalue weighted by atomic mass is 16.5. The van der Waals surface area contributed by atoms with Crippen LogP contribution in [0.4, 0.5) is 17.5 Å². The first-order chi connectivity index (χ1) is 16.6. The zero-order valence-electron chi connectivity index (χ0n) is 19.3. The molecule has 0 bridgehead atoms. The number of aliphatic hydroxyl groups is 1. The fourth-order valence-corrected chi connectivity index (χ4v) is 4.33. The van der Waals surface area contributed by atoms with E-state index in [4.69, 9.17) is 9.72 Å². The fraction of sp³-hybridized carbons (Fsp3) is 0.346. The molecule has 0 atom stereocenters. The van der Waals surface area contributed by atoms with Crippen molar-refractivity contribution in [3.63, 3.8) is 0 Å². The molecule has 0 radical (unpaired) electrons. The maximum atomic E-state index is 9.80. The van der Waals surface area contributed by atoms with Gasteiger partial charge in [0, 0.05) is 18.2 Å². The maximum Gasteiger partial charge on any atom is 0.231 e. The number of ether oxygens (including phenoxy) is 1. The standard InChI is InChI=1S/C26H30N6O2/c1-17-15-21(34-14-13-18-5-3-2-4-6-18)11-12-22(17)30-26-31-24-23(27-16-28-24)25(32-26)29-19-7-9-20(33)10-8-19/h2-6,11-12,15-16,19-20,33H,7-10,13-14H2,1H3,(H3,27,28,29,30,31,32). The third-order valence-electron chi connectivity index (χ3n) is 6.27. The van der Waals surface area contributed by atoms with Gasteiger partial charge < -0.3 is 25.5 Å². The summed E-state index contributed by atoms with van der Waals surface area (Å²) in [6.45, 7) is 2.66. The van der Waals surface area contributed by atoms with E-state index in [2.05, 4.69) is 37.7 Å². The van der Waals surface area contributed by atoms with Crippen LogP contribution in [0.15, 0.2) is 54.9 Å². The van der Waals surface area contributed by atoms with Gasteiger partial charge in [-0.2, -0.15) is 9.97 Å². The lowest BCUT2D eigenvalue weighted by Gasteiger charge is -2.26. The van der Waals surface area contributed by atoms with Crippen LogP contribution in [0.2, 0.25) is 0 Å². The van der Waals surface area contributed by atoms with Crippen molar-refractivity contribution in [2.75, 3.05) is 17.2 Å². The van der Waals surface area contributed by atoms with Gasteiger partial charge >= 0.3 is 0 Å². The second-order valence-corrected chi connectivity index (χ2v) is 8.83. The summed E-state index contributed by atoms with van der Waals surface area (Å²) in [5.74, 6) is 2.05. The number of nitrogens with one attached hydrogen (secondary N) is 3. The molecule has 0 aliphatic heterocycles. The molecule has 1 fully saturated rings. The van der Waals surface area contributed by atoms with Crippen molar-refractivity contribution in [1.82, 2.24) is 19.9 Å². The molecule has 2 aromatic heterocycles. The Labute approximate surface area is 198 Å². The van der Waals surface area contributed by atoms with Gasteiger partial charge in [0.05, 0.1) is 19.0 Å². The smallest absolute Gasteiger partial charge is 0.231 e. The van der Waals surface area contributed by atoms with Crippen LogP contribution in [0.3, 0.4) is 0 Å². The predicted molar refractivity (Wildman–Crippen MR) is 134 cm³/mol. The summed E-state index contributed by atoms with van der Waals surface area (Å²) in [5, 5.41) is 16.7. The average Bonchev–Trinajstić information content (AvgIpc) is 3.32. The van der Waals surface area contributed by atoms with Crippen LogP contribution in [0.25, 0.3) is 11.2 Å². The Hall–Kier alpha value is -3.65. The van der Waals surface area contributed by atoms with Gasteiger partial charge in [-0.1, -0.05) is 30.3 Å². The molecule has 4 N–H and O–H groups in total. The molecule has 8 heteroatoms. The number of aliphatic hydroxyl groups excluding tert-OH is 1. The van der Waals surface area contributed by atoms with Gasteiger partial charge in [0.1, 0.15) is 11.3 Å². The number of anilines is 3. The Morgan fingerprint density at radius 2 is 1.88 bits per heavy atom. The molecule has 1 aliphatic carbocycles. The van der Waals surface area contributed by atoms with E-state index in [1.807, 2.05) is 43.3 Å². The summed E-state index contributed by atoms with van der Waals surface area (Å²) in [7, 11) is 0. The van der Waals surface area contributed by atoms with Gasteiger partial charge in [0.2, 0.25) is 5.95 Å². The van der Waals surface area contributed by atoms with Crippen LogP contribution in [-0.4, -0.2) is 43.8 Å². The molecule has 34 heavy (non-hydrogen) atoms. The average molecular weight is 459 g/mol. The Kier molecular flexibility index (Phi) is 6.58. The number of benzene rings is 2. The van der Waals surface area contributed by atoms with Crippen molar-refractivity contribution in [2.45, 2.75) is 51.2 Å². The molecule has 1 saturated carbocycles. The zero-order valence-corrected chi connectivity index (χ0v) is 19.3. The van der Waals surface area contributed by atoms with Crippen molar-refractivity contribution in [1.29, 1.82) is 0 Å². The van der Waals surface area contributed by atoms with Gasteiger partial charge in [-0.05, 0) is 61.9 Å². The van der Waals surface area contributed by atoms with Crippen LogP contribution < -0.4 is 15.4 Å². The first-order valence-corrected chi connectivity index (χ1v) is 11.8.